The lowest BCUT2D eigenvalue weighted by atomic mass is 9.85. The number of carbonyl (C=O) groups is 1. The van der Waals surface area contributed by atoms with E-state index in [-0.39, 0.29) is 27.9 Å². The molecule has 2 aliphatic heterocycles. The lowest BCUT2D eigenvalue weighted by Gasteiger charge is -2.46. The Bertz CT molecular complexity index is 1630. The van der Waals surface area contributed by atoms with Crippen LogP contribution in [0.1, 0.15) is 74.1 Å². The number of nitrogens with two attached hydrogens (primary N) is 1. The van der Waals surface area contributed by atoms with Crippen molar-refractivity contribution in [2.45, 2.75) is 135 Å². The summed E-state index contributed by atoms with van der Waals surface area (Å²) in [5, 5.41) is 0.468. The molecule has 13 nitrogen and oxygen atoms in total. The monoisotopic (exact) mass is 702 g/mol. The molecule has 4 atom stereocenters. The molecule has 16 heteroatoms. The Labute approximate surface area is 275 Å². The number of carbonyl (C=O) groups excluding carboxylic acids is 1. The maximum absolute atomic E-state index is 14.1. The van der Waals surface area contributed by atoms with Crippen molar-refractivity contribution in [1.29, 1.82) is 0 Å². The highest BCUT2D eigenvalue weighted by molar-refractivity contribution is 7.92. The van der Waals surface area contributed by atoms with E-state index in [2.05, 4.69) is 33.9 Å². The van der Waals surface area contributed by atoms with Crippen LogP contribution in [0.5, 0.6) is 0 Å². The molecule has 1 fully saturated rings. The summed E-state index contributed by atoms with van der Waals surface area (Å²) >= 11 is 0. The predicted molar refractivity (Wildman–Crippen MR) is 182 cm³/mol. The van der Waals surface area contributed by atoms with Crippen molar-refractivity contribution in [1.82, 2.24) is 13.4 Å². The van der Waals surface area contributed by atoms with Gasteiger partial charge >= 0.3 is 11.8 Å². The third-order valence-corrected chi connectivity index (χ3v) is 20.5. The van der Waals surface area contributed by atoms with Crippen LogP contribution in [0.2, 0.25) is 36.3 Å². The van der Waals surface area contributed by atoms with E-state index in [1.54, 1.807) is 20.8 Å². The fourth-order valence-electron chi connectivity index (χ4n) is 5.07. The van der Waals surface area contributed by atoms with E-state index >= 15 is 0 Å². The molecule has 0 radical (unpaired) electrons. The number of aryl methyl sites for hydroxylation is 1. The summed E-state index contributed by atoms with van der Waals surface area (Å²) in [4.78, 5) is 40.5. The summed E-state index contributed by atoms with van der Waals surface area (Å²) in [6, 6.07) is 0. The maximum atomic E-state index is 14.1. The SMILES string of the molecule is Cc1cn([C@@H]2O[C@H](CO[Si](C)(C)C(C)(C)C)[C@]3(C(N)=CS(=O)(=O)N3C)[C@H]2O[Si](C)(C)C(C)(C)C)c(=O)n(C(=O)OC(C)(C)C)c1=O. The fraction of sp³-hybridized carbons (Fsp3) is 0.767. The Hall–Kier alpha value is -2.09. The van der Waals surface area contributed by atoms with Gasteiger partial charge in [-0.3, -0.25) is 9.36 Å². The lowest BCUT2D eigenvalue weighted by molar-refractivity contribution is -0.0513. The van der Waals surface area contributed by atoms with Gasteiger partial charge in [-0.25, -0.2) is 18.0 Å². The minimum Gasteiger partial charge on any atom is -0.443 e. The molecular formula is C30H54N4O9SSi2. The number of hydrogen-bond donors (Lipinski definition) is 1. The zero-order valence-corrected chi connectivity index (χ0v) is 32.9. The average Bonchev–Trinajstić information content (AvgIpc) is 3.24. The number of aromatic nitrogens is 2. The standard InChI is InChI=1S/C30H54N4O9SSi2/c1-19-16-33(25(36)34(23(19)35)26(37)42-27(2,3)4)24-22(43-46(14,15)29(8,9)10)30(20(31)18-44(38,39)32(30)11)21(41-24)17-40-45(12,13)28(5,6)7/h16,18,21-22,24H,17,31H2,1-15H3/t21-,22+,24-,30-/m1/s1. The van der Waals surface area contributed by atoms with Gasteiger partial charge in [-0.05, 0) is 64.0 Å². The van der Waals surface area contributed by atoms with E-state index in [0.717, 1.165) is 14.3 Å². The molecule has 0 saturated carbocycles. The largest absolute Gasteiger partial charge is 0.443 e. The molecule has 0 aromatic carbocycles. The van der Waals surface area contributed by atoms with Crippen molar-refractivity contribution >= 4 is 32.8 Å². The highest BCUT2D eigenvalue weighted by atomic mass is 32.2. The van der Waals surface area contributed by atoms with Crippen molar-refractivity contribution < 1.29 is 31.5 Å². The van der Waals surface area contributed by atoms with Crippen LogP contribution in [0, 0.1) is 6.92 Å². The van der Waals surface area contributed by atoms with Crippen molar-refractivity contribution in [3.05, 3.63) is 43.7 Å². The van der Waals surface area contributed by atoms with Gasteiger partial charge in [0, 0.05) is 24.5 Å². The number of likely N-dealkylation sites (N-methyl/N-ethyl adjacent to an activating group) is 1. The molecule has 1 saturated heterocycles. The minimum atomic E-state index is -4.04. The predicted octanol–water partition coefficient (Wildman–Crippen LogP) is 4.23. The molecule has 0 bridgehead atoms. The van der Waals surface area contributed by atoms with E-state index in [1.807, 2.05) is 33.9 Å². The third-order valence-electron chi connectivity index (χ3n) is 9.89. The van der Waals surface area contributed by atoms with E-state index < -0.39 is 73.6 Å². The molecule has 0 aliphatic carbocycles. The summed E-state index contributed by atoms with van der Waals surface area (Å²) in [5.74, 6) is 0. The van der Waals surface area contributed by atoms with Crippen molar-refractivity contribution in [3.63, 3.8) is 0 Å². The number of ether oxygens (including phenoxy) is 2. The molecule has 0 amide bonds. The topological polar surface area (TPSA) is 161 Å². The Morgan fingerprint density at radius 1 is 1.00 bits per heavy atom. The summed E-state index contributed by atoms with van der Waals surface area (Å²) < 4.78 is 55.4. The molecule has 3 heterocycles. The highest BCUT2D eigenvalue weighted by Crippen LogP contribution is 2.52. The molecule has 1 aromatic heterocycles. The van der Waals surface area contributed by atoms with Crippen LogP contribution in [0.3, 0.4) is 0 Å². The molecule has 0 unspecified atom stereocenters. The molecule has 2 aliphatic rings. The van der Waals surface area contributed by atoms with E-state index in [1.165, 1.54) is 20.2 Å². The van der Waals surface area contributed by atoms with Crippen LogP contribution < -0.4 is 17.0 Å². The first kappa shape index (κ1) is 38.4. The molecule has 1 aromatic rings. The molecule has 1 spiro atoms. The van der Waals surface area contributed by atoms with Crippen LogP contribution in [-0.2, 0) is 28.3 Å². The second kappa shape index (κ2) is 11.8. The second-order valence-electron chi connectivity index (χ2n) is 16.4. The van der Waals surface area contributed by atoms with Gasteiger partial charge in [0.1, 0.15) is 23.3 Å². The van der Waals surface area contributed by atoms with E-state index in [0.29, 0.717) is 4.57 Å². The Kier molecular flexibility index (Phi) is 9.85. The highest BCUT2D eigenvalue weighted by Gasteiger charge is 2.68. The number of sulfonamides is 1. The molecule has 262 valence electrons. The second-order valence-corrected chi connectivity index (χ2v) is 27.8. The maximum Gasteiger partial charge on any atom is 0.425 e. The van der Waals surface area contributed by atoms with Gasteiger partial charge in [-0.1, -0.05) is 41.5 Å². The summed E-state index contributed by atoms with van der Waals surface area (Å²) in [5.41, 5.74) is 2.25. The van der Waals surface area contributed by atoms with Crippen LogP contribution in [0.25, 0.3) is 0 Å². The van der Waals surface area contributed by atoms with Crippen LogP contribution >= 0.6 is 0 Å². The molecule has 46 heavy (non-hydrogen) atoms. The molecular weight excluding hydrogens is 649 g/mol. The quantitative estimate of drug-likeness (QED) is 0.425. The number of nitrogens with zero attached hydrogens (tertiary/aromatic N) is 3. The Balaban J connectivity index is 2.38. The normalized spacial score (nSPS) is 26.1. The fourth-order valence-corrected chi connectivity index (χ4v) is 8.77. The van der Waals surface area contributed by atoms with Crippen LogP contribution in [0.15, 0.2) is 26.9 Å². The van der Waals surface area contributed by atoms with Crippen molar-refractivity contribution in [3.8, 4) is 0 Å². The zero-order valence-electron chi connectivity index (χ0n) is 30.1. The van der Waals surface area contributed by atoms with Crippen molar-refractivity contribution in [2.24, 2.45) is 5.73 Å². The minimum absolute atomic E-state index is 0.0183. The van der Waals surface area contributed by atoms with Gasteiger partial charge in [-0.15, -0.1) is 0 Å². The first-order chi connectivity index (χ1) is 20.4. The lowest BCUT2D eigenvalue weighted by Crippen LogP contribution is -2.65. The summed E-state index contributed by atoms with van der Waals surface area (Å²) in [6.07, 6.45) is -3.37. The van der Waals surface area contributed by atoms with E-state index in [4.69, 9.17) is 24.1 Å². The van der Waals surface area contributed by atoms with Gasteiger partial charge in [0.25, 0.3) is 5.56 Å². The molecule has 3 rings (SSSR count). The number of hydrogen-bond acceptors (Lipinski definition) is 10. The van der Waals surface area contributed by atoms with Crippen molar-refractivity contribution in [2.75, 3.05) is 13.7 Å². The molecule has 2 N–H and O–H groups in total. The first-order valence-electron chi connectivity index (χ1n) is 15.4. The first-order valence-corrected chi connectivity index (χ1v) is 22.8. The Morgan fingerprint density at radius 2 is 1.52 bits per heavy atom. The zero-order chi connectivity index (χ0) is 35.8. The summed E-state index contributed by atoms with van der Waals surface area (Å²) in [6.45, 7) is 26.7. The van der Waals surface area contributed by atoms with Gasteiger partial charge in [-0.2, -0.15) is 8.87 Å². The average molecular weight is 703 g/mol. The number of rotatable bonds is 6. The van der Waals surface area contributed by atoms with Gasteiger partial charge in [0.05, 0.1) is 12.0 Å². The third kappa shape index (κ3) is 6.62. The van der Waals surface area contributed by atoms with Gasteiger partial charge in [0.15, 0.2) is 22.9 Å². The Morgan fingerprint density at radius 3 is 1.96 bits per heavy atom. The van der Waals surface area contributed by atoms with Gasteiger partial charge in [0.2, 0.25) is 10.0 Å². The van der Waals surface area contributed by atoms with Gasteiger partial charge < -0.3 is 24.1 Å². The van der Waals surface area contributed by atoms with Crippen LogP contribution in [-0.4, -0.2) is 81.6 Å². The summed E-state index contributed by atoms with van der Waals surface area (Å²) in [7, 11) is -7.80. The smallest absolute Gasteiger partial charge is 0.425 e. The van der Waals surface area contributed by atoms with E-state index in [9.17, 15) is 22.8 Å². The van der Waals surface area contributed by atoms with Crippen LogP contribution in [0.4, 0.5) is 4.79 Å².